The Balaban J connectivity index is 1.18. The van der Waals surface area contributed by atoms with E-state index in [0.29, 0.717) is 12.0 Å². The standard InChI is InChI=1S/C26H35N5O3/c1-3-18-11-19-10-17(4-5-22(19)24(18)29-30-27)14-28-20-6-8-26(9-7-20)13-16(2)31(25(26)33)21-12-23(32)34-15-21/h4-5,10,12,16,18,20,28,30H,3,6-9,11,13-15,27H2,1-2H3. The second-order valence-corrected chi connectivity index (χ2v) is 10.3. The molecule has 1 aromatic rings. The normalized spacial score (nSPS) is 31.9. The van der Waals surface area contributed by atoms with Crippen LogP contribution in [0.3, 0.4) is 0 Å². The Labute approximate surface area is 200 Å². The Morgan fingerprint density at radius 1 is 1.26 bits per heavy atom. The summed E-state index contributed by atoms with van der Waals surface area (Å²) in [5.41, 5.74) is 7.79. The summed E-state index contributed by atoms with van der Waals surface area (Å²) in [4.78, 5) is 26.7. The zero-order valence-corrected chi connectivity index (χ0v) is 20.1. The van der Waals surface area contributed by atoms with Crippen LogP contribution in [0.4, 0.5) is 0 Å². The van der Waals surface area contributed by atoms with Crippen LogP contribution in [0, 0.1) is 11.3 Å². The maximum atomic E-state index is 13.4. The molecule has 2 unspecified atom stereocenters. The number of hydrazone groups is 1. The number of hydrogen-bond donors (Lipinski definition) is 3. The summed E-state index contributed by atoms with van der Waals surface area (Å²) in [5, 5.41) is 8.05. The summed E-state index contributed by atoms with van der Waals surface area (Å²) in [5.74, 6) is 5.70. The quantitative estimate of drug-likeness (QED) is 0.338. The molecule has 0 aromatic heterocycles. The van der Waals surface area contributed by atoms with Gasteiger partial charge < -0.3 is 15.0 Å². The van der Waals surface area contributed by atoms with Crippen molar-refractivity contribution in [3.8, 4) is 0 Å². The van der Waals surface area contributed by atoms with E-state index in [2.05, 4.69) is 48.0 Å². The van der Waals surface area contributed by atoms with Gasteiger partial charge in [-0.05, 0) is 63.0 Å². The summed E-state index contributed by atoms with van der Waals surface area (Å²) >= 11 is 0. The van der Waals surface area contributed by atoms with Crippen molar-refractivity contribution < 1.29 is 14.3 Å². The van der Waals surface area contributed by atoms with E-state index in [1.807, 2.05) is 4.90 Å². The largest absolute Gasteiger partial charge is 0.456 e. The predicted octanol–water partition coefficient (Wildman–Crippen LogP) is 2.52. The van der Waals surface area contributed by atoms with Gasteiger partial charge >= 0.3 is 5.97 Å². The highest BCUT2D eigenvalue weighted by molar-refractivity contribution is 6.06. The molecule has 1 aromatic carbocycles. The smallest absolute Gasteiger partial charge is 0.333 e. The molecule has 2 aliphatic carbocycles. The van der Waals surface area contributed by atoms with Gasteiger partial charge in [0.2, 0.25) is 5.91 Å². The molecule has 5 rings (SSSR count). The number of amides is 1. The summed E-state index contributed by atoms with van der Waals surface area (Å²) in [6.45, 7) is 5.31. The number of benzene rings is 1. The number of nitrogens with two attached hydrogens (primary N) is 1. The van der Waals surface area contributed by atoms with E-state index in [0.717, 1.165) is 62.9 Å². The van der Waals surface area contributed by atoms with Crippen LogP contribution in [-0.2, 0) is 27.3 Å². The van der Waals surface area contributed by atoms with E-state index in [1.165, 1.54) is 22.8 Å². The number of fused-ring (bicyclic) bond motifs is 1. The highest BCUT2D eigenvalue weighted by Gasteiger charge is 2.52. The van der Waals surface area contributed by atoms with Crippen molar-refractivity contribution in [2.75, 3.05) is 6.61 Å². The average molecular weight is 466 g/mol. The van der Waals surface area contributed by atoms with Crippen LogP contribution in [0.5, 0.6) is 0 Å². The summed E-state index contributed by atoms with van der Waals surface area (Å²) in [6.07, 6.45) is 8.14. The van der Waals surface area contributed by atoms with Crippen molar-refractivity contribution in [2.45, 2.75) is 77.4 Å². The van der Waals surface area contributed by atoms with Crippen molar-refractivity contribution in [3.05, 3.63) is 46.7 Å². The van der Waals surface area contributed by atoms with E-state index in [1.54, 1.807) is 0 Å². The van der Waals surface area contributed by atoms with Gasteiger partial charge in [0.15, 0.2) is 0 Å². The fraction of sp³-hybridized carbons (Fsp3) is 0.577. The van der Waals surface area contributed by atoms with Gasteiger partial charge in [0.05, 0.1) is 16.8 Å². The number of esters is 1. The number of hydrogen-bond acceptors (Lipinski definition) is 7. The lowest BCUT2D eigenvalue weighted by Crippen LogP contribution is -2.42. The molecule has 8 nitrogen and oxygen atoms in total. The van der Waals surface area contributed by atoms with Crippen LogP contribution in [0.1, 0.15) is 69.1 Å². The average Bonchev–Trinajstić information content (AvgIpc) is 3.48. The zero-order valence-electron chi connectivity index (χ0n) is 20.1. The Kier molecular flexibility index (Phi) is 6.20. The Morgan fingerprint density at radius 3 is 2.74 bits per heavy atom. The van der Waals surface area contributed by atoms with E-state index in [-0.39, 0.29) is 29.9 Å². The van der Waals surface area contributed by atoms with Crippen LogP contribution < -0.4 is 16.7 Å². The highest BCUT2D eigenvalue weighted by Crippen LogP contribution is 2.48. The molecule has 4 aliphatic rings. The zero-order chi connectivity index (χ0) is 23.9. The minimum absolute atomic E-state index is 0.110. The van der Waals surface area contributed by atoms with Crippen molar-refractivity contribution in [1.29, 1.82) is 0 Å². The number of rotatable bonds is 6. The number of nitrogens with one attached hydrogen (secondary N) is 2. The Hall–Kier alpha value is -2.71. The molecule has 1 saturated heterocycles. The van der Waals surface area contributed by atoms with E-state index in [9.17, 15) is 9.59 Å². The summed E-state index contributed by atoms with van der Waals surface area (Å²) < 4.78 is 5.05. The van der Waals surface area contributed by atoms with E-state index < -0.39 is 0 Å². The van der Waals surface area contributed by atoms with Gasteiger partial charge in [0.1, 0.15) is 6.61 Å². The molecule has 182 valence electrons. The van der Waals surface area contributed by atoms with Gasteiger partial charge in [-0.1, -0.05) is 25.1 Å². The Bertz CT molecular complexity index is 1040. The topological polar surface area (TPSA) is 109 Å². The summed E-state index contributed by atoms with van der Waals surface area (Å²) in [7, 11) is 0. The lowest BCUT2D eigenvalue weighted by Gasteiger charge is -2.36. The van der Waals surface area contributed by atoms with Gasteiger partial charge in [-0.3, -0.25) is 4.79 Å². The number of likely N-dealkylation sites (tertiary alicyclic amines) is 1. The van der Waals surface area contributed by atoms with Crippen LogP contribution in [0.15, 0.2) is 35.1 Å². The molecule has 8 heteroatoms. The molecule has 0 radical (unpaired) electrons. The molecule has 1 amide bonds. The first-order chi connectivity index (χ1) is 16.4. The SMILES string of the molecule is CCC1Cc2cc(CNC3CCC4(CC3)CC(C)N(C3=CC(=O)OC3)C4=O)ccc2C1=NNN. The number of hydrazine groups is 1. The molecule has 2 aliphatic heterocycles. The van der Waals surface area contributed by atoms with E-state index >= 15 is 0 Å². The Morgan fingerprint density at radius 2 is 2.06 bits per heavy atom. The fourth-order valence-corrected chi connectivity index (χ4v) is 6.49. The van der Waals surface area contributed by atoms with Gasteiger partial charge in [0.25, 0.3) is 0 Å². The molecular weight excluding hydrogens is 430 g/mol. The first-order valence-corrected chi connectivity index (χ1v) is 12.5. The minimum Gasteiger partial charge on any atom is -0.456 e. The minimum atomic E-state index is -0.347. The third-order valence-corrected chi connectivity index (χ3v) is 8.27. The van der Waals surface area contributed by atoms with Crippen molar-refractivity contribution in [1.82, 2.24) is 15.8 Å². The molecule has 2 atom stereocenters. The van der Waals surface area contributed by atoms with Gasteiger partial charge in [0, 0.05) is 36.2 Å². The van der Waals surface area contributed by atoms with Crippen molar-refractivity contribution >= 4 is 17.6 Å². The predicted molar refractivity (Wildman–Crippen MR) is 129 cm³/mol. The number of cyclic esters (lactones) is 1. The third kappa shape index (κ3) is 4.03. The molecule has 0 bridgehead atoms. The fourth-order valence-electron chi connectivity index (χ4n) is 6.49. The molecular formula is C26H35N5O3. The molecule has 2 heterocycles. The van der Waals surface area contributed by atoms with Crippen molar-refractivity contribution in [3.63, 3.8) is 0 Å². The monoisotopic (exact) mass is 465 g/mol. The van der Waals surface area contributed by atoms with Crippen LogP contribution in [0.25, 0.3) is 0 Å². The highest BCUT2D eigenvalue weighted by atomic mass is 16.5. The van der Waals surface area contributed by atoms with Crippen molar-refractivity contribution in [2.24, 2.45) is 22.3 Å². The number of ether oxygens (including phenoxy) is 1. The molecule has 4 N–H and O–H groups in total. The number of nitrogens with zero attached hydrogens (tertiary/aromatic N) is 2. The number of carbonyl (C=O) groups excluding carboxylic acids is 2. The van der Waals surface area contributed by atoms with Crippen LogP contribution >= 0.6 is 0 Å². The van der Waals surface area contributed by atoms with Gasteiger partial charge in [-0.2, -0.15) is 5.10 Å². The second kappa shape index (κ2) is 9.15. The maximum Gasteiger partial charge on any atom is 0.333 e. The lowest BCUT2D eigenvalue weighted by molar-refractivity contribution is -0.138. The third-order valence-electron chi connectivity index (χ3n) is 8.27. The first-order valence-electron chi connectivity index (χ1n) is 12.5. The molecule has 2 fully saturated rings. The molecule has 1 spiro atoms. The van der Waals surface area contributed by atoms with Crippen LogP contribution in [-0.4, -0.2) is 41.2 Å². The molecule has 34 heavy (non-hydrogen) atoms. The van der Waals surface area contributed by atoms with Gasteiger partial charge in [-0.15, -0.1) is 0 Å². The lowest BCUT2D eigenvalue weighted by atomic mass is 9.70. The first kappa shape index (κ1) is 23.1. The second-order valence-electron chi connectivity index (χ2n) is 10.3. The number of carbonyl (C=O) groups is 2. The summed E-state index contributed by atoms with van der Waals surface area (Å²) in [6, 6.07) is 7.17. The van der Waals surface area contributed by atoms with Gasteiger partial charge in [-0.25, -0.2) is 16.2 Å². The molecule has 1 saturated carbocycles. The maximum absolute atomic E-state index is 13.4. The van der Waals surface area contributed by atoms with Crippen LogP contribution in [0.2, 0.25) is 0 Å². The van der Waals surface area contributed by atoms with E-state index in [4.69, 9.17) is 10.6 Å².